The van der Waals surface area contributed by atoms with Crippen LogP contribution in [-0.4, -0.2) is 6.26 Å². The molecule has 1 heterocycles. The molecule has 0 fully saturated rings. The smallest absolute Gasteiger partial charge is 0.0663 e. The Hall–Kier alpha value is -0.380. The van der Waals surface area contributed by atoms with Gasteiger partial charge in [-0.1, -0.05) is 42.1 Å². The standard InChI is InChI=1S/C11H11S3/c1-8-10(13-14-11(8)12-2)9-6-4-3-5-7-9/h3-7H,1-2H3/q+1. The van der Waals surface area contributed by atoms with E-state index in [1.807, 2.05) is 32.4 Å². The zero-order chi connectivity index (χ0) is 9.97. The molecule has 1 aromatic heterocycles. The fraction of sp³-hybridized carbons (Fsp3) is 0.182. The van der Waals surface area contributed by atoms with Crippen molar-refractivity contribution in [1.82, 2.24) is 0 Å². The maximum absolute atomic E-state index is 2.21. The normalized spacial score (nSPS) is 10.4. The summed E-state index contributed by atoms with van der Waals surface area (Å²) >= 11 is 1.84. The van der Waals surface area contributed by atoms with Crippen LogP contribution in [0.4, 0.5) is 0 Å². The predicted octanol–water partition coefficient (Wildman–Crippen LogP) is 4.79. The fourth-order valence-corrected chi connectivity index (χ4v) is 5.43. The molecule has 72 valence electrons. The average molecular weight is 239 g/mol. The molecule has 0 bridgehead atoms. The van der Waals surface area contributed by atoms with E-state index in [0.29, 0.717) is 0 Å². The van der Waals surface area contributed by atoms with Gasteiger partial charge in [-0.25, -0.2) is 0 Å². The molecular formula is C11H11S3+. The number of hydrogen-bond donors (Lipinski definition) is 0. The van der Waals surface area contributed by atoms with Crippen LogP contribution in [0, 0.1) is 6.92 Å². The number of rotatable bonds is 2. The summed E-state index contributed by atoms with van der Waals surface area (Å²) in [6.07, 6.45) is 2.14. The van der Waals surface area contributed by atoms with Crippen molar-refractivity contribution >= 4 is 32.4 Å². The van der Waals surface area contributed by atoms with Gasteiger partial charge in [0.15, 0.2) is 10.3 Å². The van der Waals surface area contributed by atoms with Gasteiger partial charge >= 0.3 is 10.3 Å². The monoisotopic (exact) mass is 239 g/mol. The quantitative estimate of drug-likeness (QED) is 0.412. The van der Waals surface area contributed by atoms with Crippen molar-refractivity contribution < 1.29 is 0 Å². The molecule has 0 unspecified atom stereocenters. The van der Waals surface area contributed by atoms with E-state index in [2.05, 4.69) is 43.5 Å². The van der Waals surface area contributed by atoms with Gasteiger partial charge in [-0.05, 0) is 18.7 Å². The van der Waals surface area contributed by atoms with Gasteiger partial charge in [0.25, 0.3) is 4.21 Å². The third kappa shape index (κ3) is 1.85. The van der Waals surface area contributed by atoms with Gasteiger partial charge in [0.2, 0.25) is 0 Å². The third-order valence-electron chi connectivity index (χ3n) is 2.07. The summed E-state index contributed by atoms with van der Waals surface area (Å²) in [6, 6.07) is 10.6. The summed E-state index contributed by atoms with van der Waals surface area (Å²) in [6.45, 7) is 2.21. The maximum Gasteiger partial charge on any atom is 0.308 e. The van der Waals surface area contributed by atoms with Crippen LogP contribution in [-0.2, 0) is 0 Å². The van der Waals surface area contributed by atoms with Crippen molar-refractivity contribution in [3.8, 4) is 10.4 Å². The molecule has 0 saturated carbocycles. The Morgan fingerprint density at radius 1 is 1.21 bits per heavy atom. The molecule has 2 rings (SSSR count). The van der Waals surface area contributed by atoms with Gasteiger partial charge in [-0.3, -0.25) is 0 Å². The first-order valence-electron chi connectivity index (χ1n) is 4.35. The minimum Gasteiger partial charge on any atom is -0.0663 e. The van der Waals surface area contributed by atoms with Crippen LogP contribution in [0.2, 0.25) is 0 Å². The van der Waals surface area contributed by atoms with Crippen LogP contribution in [0.25, 0.3) is 10.4 Å². The lowest BCUT2D eigenvalue weighted by Crippen LogP contribution is -1.75. The molecule has 0 radical (unpaired) electrons. The number of hydrogen-bond acceptors (Lipinski definition) is 2. The van der Waals surface area contributed by atoms with Crippen molar-refractivity contribution in [2.75, 3.05) is 6.26 Å². The summed E-state index contributed by atoms with van der Waals surface area (Å²) < 4.78 is 1.44. The first kappa shape index (κ1) is 10.1. The second-order valence-electron chi connectivity index (χ2n) is 2.98. The Bertz CT molecular complexity index is 417. The highest BCUT2D eigenvalue weighted by atomic mass is 32.9. The molecule has 0 atom stereocenters. The van der Waals surface area contributed by atoms with Crippen LogP contribution in [0.15, 0.2) is 34.5 Å². The Morgan fingerprint density at radius 2 is 1.93 bits per heavy atom. The van der Waals surface area contributed by atoms with Gasteiger partial charge in [0, 0.05) is 5.56 Å². The molecular weight excluding hydrogens is 228 g/mol. The molecule has 0 aliphatic rings. The lowest BCUT2D eigenvalue weighted by molar-refractivity contribution is 1.44. The van der Waals surface area contributed by atoms with Gasteiger partial charge < -0.3 is 0 Å². The molecule has 0 nitrogen and oxygen atoms in total. The molecule has 3 heteroatoms. The average Bonchev–Trinajstić information content (AvgIpc) is 2.61. The zero-order valence-electron chi connectivity index (χ0n) is 8.11. The Kier molecular flexibility index (Phi) is 3.21. The Labute approximate surface area is 96.0 Å². The van der Waals surface area contributed by atoms with Crippen LogP contribution in [0.1, 0.15) is 5.56 Å². The van der Waals surface area contributed by atoms with Gasteiger partial charge in [0.1, 0.15) is 4.88 Å². The first-order valence-corrected chi connectivity index (χ1v) is 7.72. The summed E-state index contributed by atoms with van der Waals surface area (Å²) in [5, 5.41) is 0. The molecule has 0 spiro atoms. The van der Waals surface area contributed by atoms with Crippen LogP contribution >= 0.6 is 32.4 Å². The van der Waals surface area contributed by atoms with E-state index in [9.17, 15) is 0 Å². The van der Waals surface area contributed by atoms with Crippen molar-refractivity contribution in [2.24, 2.45) is 0 Å². The fourth-order valence-electron chi connectivity index (χ4n) is 1.34. The Morgan fingerprint density at radius 3 is 2.50 bits per heavy atom. The molecule has 0 saturated heterocycles. The maximum atomic E-state index is 2.21. The molecule has 2 aromatic rings. The molecule has 0 amide bonds. The van der Waals surface area contributed by atoms with E-state index >= 15 is 0 Å². The summed E-state index contributed by atoms with van der Waals surface area (Å²) in [5.41, 5.74) is 2.77. The predicted molar refractivity (Wildman–Crippen MR) is 68.6 cm³/mol. The van der Waals surface area contributed by atoms with E-state index in [0.717, 1.165) is 0 Å². The molecule has 1 aromatic carbocycles. The first-order chi connectivity index (χ1) is 6.83. The molecule has 0 aliphatic heterocycles. The molecule has 14 heavy (non-hydrogen) atoms. The second-order valence-corrected chi connectivity index (χ2v) is 6.20. The highest BCUT2D eigenvalue weighted by molar-refractivity contribution is 8.02. The van der Waals surface area contributed by atoms with Crippen molar-refractivity contribution in [1.29, 1.82) is 0 Å². The van der Waals surface area contributed by atoms with E-state index < -0.39 is 0 Å². The van der Waals surface area contributed by atoms with Gasteiger partial charge in [0.05, 0.1) is 0 Å². The third-order valence-corrected chi connectivity index (χ3v) is 6.31. The SMILES string of the molecule is CSc1[s+]sc(-c2ccccc2)c1C. The molecule has 0 N–H and O–H groups in total. The minimum absolute atomic E-state index is 1.34. The highest BCUT2D eigenvalue weighted by Crippen LogP contribution is 2.40. The summed E-state index contributed by atoms with van der Waals surface area (Å²) in [7, 11) is 3.75. The van der Waals surface area contributed by atoms with Gasteiger partial charge in [-0.2, -0.15) is 0 Å². The van der Waals surface area contributed by atoms with Crippen LogP contribution in [0.5, 0.6) is 0 Å². The largest absolute Gasteiger partial charge is 0.308 e. The molecule has 0 aliphatic carbocycles. The van der Waals surface area contributed by atoms with Crippen molar-refractivity contribution in [2.45, 2.75) is 11.1 Å². The van der Waals surface area contributed by atoms with Gasteiger partial charge in [-0.15, -0.1) is 0 Å². The lowest BCUT2D eigenvalue weighted by atomic mass is 10.1. The Balaban J connectivity index is 2.48. The van der Waals surface area contributed by atoms with E-state index in [-0.39, 0.29) is 0 Å². The van der Waals surface area contributed by atoms with Crippen LogP contribution < -0.4 is 0 Å². The number of benzene rings is 1. The highest BCUT2D eigenvalue weighted by Gasteiger charge is 2.20. The number of thioether (sulfide) groups is 1. The summed E-state index contributed by atoms with van der Waals surface area (Å²) in [5.74, 6) is 0. The minimum atomic E-state index is 1.34. The van der Waals surface area contributed by atoms with Crippen molar-refractivity contribution in [3.63, 3.8) is 0 Å². The lowest BCUT2D eigenvalue weighted by Gasteiger charge is -1.94. The summed E-state index contributed by atoms with van der Waals surface area (Å²) in [4.78, 5) is 1.42. The van der Waals surface area contributed by atoms with E-state index in [1.54, 1.807) is 0 Å². The topological polar surface area (TPSA) is 0 Å². The van der Waals surface area contributed by atoms with E-state index in [1.165, 1.54) is 20.2 Å². The van der Waals surface area contributed by atoms with Crippen molar-refractivity contribution in [3.05, 3.63) is 35.9 Å². The zero-order valence-corrected chi connectivity index (χ0v) is 10.6. The second kappa shape index (κ2) is 4.43. The van der Waals surface area contributed by atoms with E-state index in [4.69, 9.17) is 0 Å². The van der Waals surface area contributed by atoms with Crippen LogP contribution in [0.3, 0.4) is 0 Å².